The highest BCUT2D eigenvalue weighted by molar-refractivity contribution is 7.91. The van der Waals surface area contributed by atoms with Crippen molar-refractivity contribution in [2.45, 2.75) is 121 Å². The molecule has 0 unspecified atom stereocenters. The van der Waals surface area contributed by atoms with Crippen LogP contribution in [0.4, 0.5) is 9.59 Å². The number of rotatable bonds is 6. The Hall–Kier alpha value is -4.40. The number of hydrogen-bond donors (Lipinski definition) is 3. The van der Waals surface area contributed by atoms with Gasteiger partial charge in [-0.3, -0.25) is 24.0 Å². The van der Waals surface area contributed by atoms with E-state index in [1.54, 1.807) is 25.7 Å². The molecule has 3 aliphatic heterocycles. The Labute approximate surface area is 316 Å². The molecule has 1 saturated heterocycles. The maximum Gasteiger partial charge on any atom is 0.410 e. The SMILES string of the molecule is C=C[C@@H]1C[C@]1(NC(=O)[C@@H]1C[C@@H]2CN1C(=O)[C@H](C(C)(C)C)NC(=O)OCC1(CC/C=C/c3cccc4c3CN(C4)C(=O)O2)CCC1)C(=O)NS(=O)(=O)C1CC1. The second-order valence-corrected chi connectivity index (χ2v) is 19.0. The number of amides is 5. The van der Waals surface area contributed by atoms with E-state index in [2.05, 4.69) is 34.1 Å². The summed E-state index contributed by atoms with van der Waals surface area (Å²) in [6.45, 7) is 9.87. The fourth-order valence-electron chi connectivity index (χ4n) is 8.28. The van der Waals surface area contributed by atoms with Crippen LogP contribution >= 0.6 is 0 Å². The monoisotopic (exact) mass is 765 g/mol. The third-order valence-electron chi connectivity index (χ3n) is 12.1. The van der Waals surface area contributed by atoms with E-state index < -0.39 is 80.2 Å². The molecule has 4 bridgehead atoms. The summed E-state index contributed by atoms with van der Waals surface area (Å²) in [6, 6.07) is 3.62. The predicted octanol–water partition coefficient (Wildman–Crippen LogP) is 3.90. The van der Waals surface area contributed by atoms with Crippen LogP contribution in [0.1, 0.15) is 95.2 Å². The minimum absolute atomic E-state index is 0.0846. The zero-order chi connectivity index (χ0) is 38.6. The minimum atomic E-state index is -3.91. The largest absolute Gasteiger partial charge is 0.449 e. The highest BCUT2D eigenvalue weighted by atomic mass is 32.2. The average Bonchev–Trinajstić information content (AvgIpc) is 3.99. The molecule has 1 spiro atoms. The molecule has 7 rings (SSSR count). The first kappa shape index (κ1) is 37.9. The predicted molar refractivity (Wildman–Crippen MR) is 198 cm³/mol. The Morgan fingerprint density at radius 2 is 1.85 bits per heavy atom. The van der Waals surface area contributed by atoms with Gasteiger partial charge in [-0.05, 0) is 67.1 Å². The summed E-state index contributed by atoms with van der Waals surface area (Å²) >= 11 is 0. The molecule has 0 aromatic heterocycles. The first-order chi connectivity index (χ1) is 25.5. The molecule has 5 amide bonds. The van der Waals surface area contributed by atoms with E-state index in [0.717, 1.165) is 48.8 Å². The maximum atomic E-state index is 14.5. The zero-order valence-corrected chi connectivity index (χ0v) is 32.0. The molecule has 292 valence electrons. The summed E-state index contributed by atoms with van der Waals surface area (Å²) in [5, 5.41) is 4.88. The minimum Gasteiger partial charge on any atom is -0.449 e. The lowest BCUT2D eigenvalue weighted by Crippen LogP contribution is -2.60. The van der Waals surface area contributed by atoms with Crippen LogP contribution in [0.15, 0.2) is 36.9 Å². The molecule has 15 heteroatoms. The molecule has 1 aromatic rings. The highest BCUT2D eigenvalue weighted by Crippen LogP contribution is 2.46. The first-order valence-corrected chi connectivity index (χ1v) is 20.6. The third kappa shape index (κ3) is 7.47. The van der Waals surface area contributed by atoms with E-state index >= 15 is 0 Å². The summed E-state index contributed by atoms with van der Waals surface area (Å²) in [7, 11) is -3.91. The number of cyclic esters (lactones) is 1. The third-order valence-corrected chi connectivity index (χ3v) is 13.9. The Morgan fingerprint density at radius 3 is 2.50 bits per heavy atom. The molecule has 14 nitrogen and oxygen atoms in total. The van der Waals surface area contributed by atoms with Crippen molar-refractivity contribution >= 4 is 46.0 Å². The van der Waals surface area contributed by atoms with Crippen LogP contribution in [0.25, 0.3) is 6.08 Å². The summed E-state index contributed by atoms with van der Waals surface area (Å²) in [5.74, 6) is -2.70. The van der Waals surface area contributed by atoms with Crippen molar-refractivity contribution in [1.29, 1.82) is 0 Å². The number of allylic oxidation sites excluding steroid dienone is 1. The van der Waals surface area contributed by atoms with Crippen molar-refractivity contribution in [3.8, 4) is 0 Å². The van der Waals surface area contributed by atoms with Gasteiger partial charge in [0.15, 0.2) is 0 Å². The Bertz CT molecular complexity index is 1880. The lowest BCUT2D eigenvalue weighted by Gasteiger charge is -2.41. The number of nitrogens with one attached hydrogen (secondary N) is 3. The number of carbonyl (C=O) groups excluding carboxylic acids is 5. The van der Waals surface area contributed by atoms with Crippen LogP contribution in [0.2, 0.25) is 0 Å². The van der Waals surface area contributed by atoms with E-state index in [4.69, 9.17) is 9.47 Å². The van der Waals surface area contributed by atoms with E-state index in [1.165, 1.54) is 11.0 Å². The lowest BCUT2D eigenvalue weighted by atomic mass is 9.66. The molecule has 3 saturated carbocycles. The normalized spacial score (nSPS) is 30.3. The maximum absolute atomic E-state index is 14.5. The van der Waals surface area contributed by atoms with Crippen molar-refractivity contribution < 1.29 is 41.9 Å². The molecule has 6 aliphatic rings. The summed E-state index contributed by atoms with van der Waals surface area (Å²) in [4.78, 5) is 72.2. The van der Waals surface area contributed by atoms with Gasteiger partial charge in [0.2, 0.25) is 21.8 Å². The van der Waals surface area contributed by atoms with Crippen molar-refractivity contribution in [1.82, 2.24) is 25.2 Å². The lowest BCUT2D eigenvalue weighted by molar-refractivity contribution is -0.143. The average molecular weight is 766 g/mol. The fraction of sp³-hybridized carbons (Fsp3) is 0.615. The molecule has 3 N–H and O–H groups in total. The van der Waals surface area contributed by atoms with Gasteiger partial charge in [-0.15, -0.1) is 6.58 Å². The Balaban J connectivity index is 1.17. The molecular formula is C39H51N5O9S. The number of ether oxygens (including phenoxy) is 2. The van der Waals surface area contributed by atoms with Gasteiger partial charge in [-0.1, -0.05) is 63.6 Å². The molecule has 4 fully saturated rings. The van der Waals surface area contributed by atoms with Crippen molar-refractivity contribution in [2.24, 2.45) is 16.7 Å². The quantitative estimate of drug-likeness (QED) is 0.362. The van der Waals surface area contributed by atoms with Gasteiger partial charge in [-0.25, -0.2) is 18.0 Å². The van der Waals surface area contributed by atoms with Crippen LogP contribution in [0.5, 0.6) is 0 Å². The number of fused-ring (bicyclic) bond motifs is 3. The second kappa shape index (κ2) is 14.0. The number of nitrogens with zero attached hydrogens (tertiary/aromatic N) is 2. The van der Waals surface area contributed by atoms with Gasteiger partial charge < -0.3 is 25.0 Å². The molecular weight excluding hydrogens is 715 g/mol. The number of alkyl carbamates (subject to hydrolysis) is 1. The summed E-state index contributed by atoms with van der Waals surface area (Å²) in [6.07, 6.45) is 8.91. The van der Waals surface area contributed by atoms with E-state index in [0.29, 0.717) is 25.9 Å². The Morgan fingerprint density at radius 1 is 1.09 bits per heavy atom. The molecule has 54 heavy (non-hydrogen) atoms. The van der Waals surface area contributed by atoms with Crippen LogP contribution in [0.3, 0.4) is 0 Å². The number of hydrogen-bond acceptors (Lipinski definition) is 9. The second-order valence-electron chi connectivity index (χ2n) is 17.1. The van der Waals surface area contributed by atoms with Crippen molar-refractivity contribution in [2.75, 3.05) is 13.2 Å². The molecule has 3 heterocycles. The van der Waals surface area contributed by atoms with Crippen molar-refractivity contribution in [3.05, 3.63) is 53.6 Å². The van der Waals surface area contributed by atoms with E-state index in [-0.39, 0.29) is 31.4 Å². The van der Waals surface area contributed by atoms with Crippen molar-refractivity contribution in [3.63, 3.8) is 0 Å². The van der Waals surface area contributed by atoms with Gasteiger partial charge in [0, 0.05) is 24.3 Å². The van der Waals surface area contributed by atoms with E-state index in [1.807, 2.05) is 18.2 Å². The smallest absolute Gasteiger partial charge is 0.410 e. The fourth-order valence-corrected chi connectivity index (χ4v) is 9.64. The summed E-state index contributed by atoms with van der Waals surface area (Å²) < 4.78 is 39.3. The zero-order valence-electron chi connectivity index (χ0n) is 31.2. The molecule has 1 aromatic carbocycles. The van der Waals surface area contributed by atoms with Gasteiger partial charge in [0.05, 0.1) is 24.9 Å². The van der Waals surface area contributed by atoms with Crippen LogP contribution < -0.4 is 15.4 Å². The standard InChI is InChI=1S/C39H51N5O9S/c1-5-26-19-39(26,34(47)42-54(50,51)28-13-14-28)41-32(45)30-18-27-21-44(30)33(46)31(37(2,3)4)40-35(48)52-23-38(16-9-17-38)15-7-6-10-24-11-8-12-25-20-43(22-29(24)25)36(49)53-27/h5-6,8,10-12,26-28,30-31H,1,7,9,13-23H2,2-4H3,(H,40,48)(H,41,45)(H,42,47)/b10-6+/t26-,27-,30+,31-,39-/m1/s1. The number of benzene rings is 1. The summed E-state index contributed by atoms with van der Waals surface area (Å²) in [5.41, 5.74) is 0.490. The molecule has 3 aliphatic carbocycles. The van der Waals surface area contributed by atoms with Gasteiger partial charge in [0.1, 0.15) is 23.7 Å². The Kier molecular flexibility index (Phi) is 9.84. The highest BCUT2D eigenvalue weighted by Gasteiger charge is 2.62. The van der Waals surface area contributed by atoms with Gasteiger partial charge in [0.25, 0.3) is 5.91 Å². The van der Waals surface area contributed by atoms with Crippen LogP contribution in [0, 0.1) is 16.7 Å². The van der Waals surface area contributed by atoms with Crippen LogP contribution in [-0.4, -0.2) is 90.3 Å². The van der Waals surface area contributed by atoms with Gasteiger partial charge >= 0.3 is 12.2 Å². The molecule has 5 atom stereocenters. The van der Waals surface area contributed by atoms with E-state index in [9.17, 15) is 32.4 Å². The number of sulfonamides is 1. The number of carbonyl (C=O) groups is 5. The topological polar surface area (TPSA) is 181 Å². The van der Waals surface area contributed by atoms with Gasteiger partial charge in [-0.2, -0.15) is 0 Å². The first-order valence-electron chi connectivity index (χ1n) is 19.0. The van der Waals surface area contributed by atoms with Crippen LogP contribution in [-0.2, 0) is 47.0 Å². The molecule has 0 radical (unpaired) electrons.